The number of hydrogen-bond acceptors (Lipinski definition) is 4. The number of benzene rings is 2. The SMILES string of the molecule is C=C/C=C(/c1cccc(F)c1)c1nc(-c2n[nH]c3ccc(-c4cncc(CN5CCCCC5)c4)cc23)[nH]c1C. The quantitative estimate of drug-likeness (QED) is 0.226. The number of aryl methyl sites for hydroxylation is 1. The maximum atomic E-state index is 14.0. The fourth-order valence-corrected chi connectivity index (χ4v) is 5.40. The first-order valence-electron chi connectivity index (χ1n) is 13.4. The third-order valence-corrected chi connectivity index (χ3v) is 7.33. The second kappa shape index (κ2) is 10.8. The van der Waals surface area contributed by atoms with Gasteiger partial charge in [0, 0.05) is 41.2 Å². The van der Waals surface area contributed by atoms with E-state index in [0.717, 1.165) is 69.9 Å². The highest BCUT2D eigenvalue weighted by atomic mass is 19.1. The molecule has 1 saturated heterocycles. The Morgan fingerprint density at radius 3 is 2.74 bits per heavy atom. The Hall–Kier alpha value is -4.36. The molecule has 0 aliphatic carbocycles. The fourth-order valence-electron chi connectivity index (χ4n) is 5.40. The Bertz CT molecular complexity index is 1670. The van der Waals surface area contributed by atoms with E-state index in [-0.39, 0.29) is 5.82 Å². The first-order chi connectivity index (χ1) is 19.1. The number of halogens is 1. The number of allylic oxidation sites excluding steroid dienone is 2. The van der Waals surface area contributed by atoms with Crippen LogP contribution in [-0.4, -0.2) is 43.1 Å². The number of aromatic amines is 2. The van der Waals surface area contributed by atoms with Crippen LogP contribution in [0.5, 0.6) is 0 Å². The molecule has 39 heavy (non-hydrogen) atoms. The second-order valence-corrected chi connectivity index (χ2v) is 10.1. The van der Waals surface area contributed by atoms with Gasteiger partial charge in [0.25, 0.3) is 0 Å². The summed E-state index contributed by atoms with van der Waals surface area (Å²) in [7, 11) is 0. The Labute approximate surface area is 227 Å². The van der Waals surface area contributed by atoms with E-state index in [4.69, 9.17) is 4.98 Å². The number of hydrogen-bond donors (Lipinski definition) is 2. The van der Waals surface area contributed by atoms with Gasteiger partial charge in [-0.1, -0.05) is 43.4 Å². The summed E-state index contributed by atoms with van der Waals surface area (Å²) in [5, 5.41) is 8.71. The predicted octanol–water partition coefficient (Wildman–Crippen LogP) is 7.07. The van der Waals surface area contributed by atoms with Gasteiger partial charge in [0.05, 0.1) is 11.2 Å². The van der Waals surface area contributed by atoms with E-state index < -0.39 is 0 Å². The minimum atomic E-state index is -0.295. The smallest absolute Gasteiger partial charge is 0.159 e. The molecule has 0 amide bonds. The van der Waals surface area contributed by atoms with Gasteiger partial charge in [0.2, 0.25) is 0 Å². The van der Waals surface area contributed by atoms with Gasteiger partial charge < -0.3 is 4.98 Å². The molecule has 2 N–H and O–H groups in total. The summed E-state index contributed by atoms with van der Waals surface area (Å²) in [5.74, 6) is 0.352. The minimum Gasteiger partial charge on any atom is -0.340 e. The van der Waals surface area contributed by atoms with Gasteiger partial charge in [-0.25, -0.2) is 9.37 Å². The van der Waals surface area contributed by atoms with E-state index in [0.29, 0.717) is 5.82 Å². The summed E-state index contributed by atoms with van der Waals surface area (Å²) >= 11 is 0. The Morgan fingerprint density at radius 1 is 1.05 bits per heavy atom. The molecule has 2 aromatic carbocycles. The maximum absolute atomic E-state index is 14.0. The van der Waals surface area contributed by atoms with Crippen LogP contribution in [-0.2, 0) is 6.54 Å². The van der Waals surface area contributed by atoms with Crippen LogP contribution in [0.1, 0.15) is 41.8 Å². The molecule has 0 saturated carbocycles. The van der Waals surface area contributed by atoms with Crippen LogP contribution >= 0.6 is 0 Å². The van der Waals surface area contributed by atoms with E-state index in [1.165, 1.54) is 37.0 Å². The zero-order chi connectivity index (χ0) is 26.8. The highest BCUT2D eigenvalue weighted by Crippen LogP contribution is 2.32. The van der Waals surface area contributed by atoms with Crippen molar-refractivity contribution >= 4 is 16.5 Å². The molecule has 4 heterocycles. The molecule has 196 valence electrons. The number of pyridine rings is 1. The number of nitrogens with one attached hydrogen (secondary N) is 2. The Balaban J connectivity index is 1.35. The number of nitrogens with zero attached hydrogens (tertiary/aromatic N) is 4. The number of fused-ring (bicyclic) bond motifs is 1. The van der Waals surface area contributed by atoms with E-state index in [9.17, 15) is 4.39 Å². The van der Waals surface area contributed by atoms with Gasteiger partial charge in [-0.15, -0.1) is 0 Å². The molecule has 1 aliphatic rings. The largest absolute Gasteiger partial charge is 0.340 e. The van der Waals surface area contributed by atoms with Crippen LogP contribution in [0.25, 0.3) is 39.1 Å². The summed E-state index contributed by atoms with van der Waals surface area (Å²) in [6.07, 6.45) is 11.3. The fraction of sp³-hybridized carbons (Fsp3) is 0.219. The molecule has 1 aliphatic heterocycles. The van der Waals surface area contributed by atoms with Crippen molar-refractivity contribution < 1.29 is 4.39 Å². The second-order valence-electron chi connectivity index (χ2n) is 10.1. The van der Waals surface area contributed by atoms with Gasteiger partial charge in [-0.3, -0.25) is 15.0 Å². The topological polar surface area (TPSA) is 73.5 Å². The van der Waals surface area contributed by atoms with Crippen molar-refractivity contribution in [1.82, 2.24) is 30.0 Å². The van der Waals surface area contributed by atoms with E-state index >= 15 is 0 Å². The molecule has 3 aromatic heterocycles. The van der Waals surface area contributed by atoms with Crippen molar-refractivity contribution in [1.29, 1.82) is 0 Å². The van der Waals surface area contributed by atoms with Crippen molar-refractivity contribution in [2.24, 2.45) is 0 Å². The average molecular weight is 519 g/mol. The number of likely N-dealkylation sites (tertiary alicyclic amines) is 1. The normalized spacial score (nSPS) is 14.7. The van der Waals surface area contributed by atoms with Crippen LogP contribution in [0.4, 0.5) is 4.39 Å². The van der Waals surface area contributed by atoms with E-state index in [1.807, 2.05) is 37.5 Å². The Kier molecular flexibility index (Phi) is 6.90. The van der Waals surface area contributed by atoms with Gasteiger partial charge in [0.1, 0.15) is 11.5 Å². The predicted molar refractivity (Wildman–Crippen MR) is 154 cm³/mol. The summed E-state index contributed by atoms with van der Waals surface area (Å²) in [6, 6.07) is 15.0. The minimum absolute atomic E-state index is 0.295. The van der Waals surface area contributed by atoms with E-state index in [2.05, 4.69) is 49.8 Å². The van der Waals surface area contributed by atoms with Crippen LogP contribution in [0.15, 0.2) is 79.7 Å². The molecule has 0 spiro atoms. The third kappa shape index (κ3) is 5.18. The number of rotatable bonds is 7. The van der Waals surface area contributed by atoms with Crippen LogP contribution in [0.2, 0.25) is 0 Å². The average Bonchev–Trinajstić information content (AvgIpc) is 3.55. The first kappa shape index (κ1) is 24.9. The number of aromatic nitrogens is 5. The Morgan fingerprint density at radius 2 is 1.92 bits per heavy atom. The number of imidazole rings is 1. The molecule has 6 rings (SSSR count). The monoisotopic (exact) mass is 518 g/mol. The zero-order valence-electron chi connectivity index (χ0n) is 22.0. The molecule has 7 heteroatoms. The summed E-state index contributed by atoms with van der Waals surface area (Å²) < 4.78 is 14.0. The molecule has 6 nitrogen and oxygen atoms in total. The van der Waals surface area contributed by atoms with Crippen LogP contribution in [0.3, 0.4) is 0 Å². The summed E-state index contributed by atoms with van der Waals surface area (Å²) in [4.78, 5) is 15.4. The van der Waals surface area contributed by atoms with Gasteiger partial charge >= 0.3 is 0 Å². The van der Waals surface area contributed by atoms with Crippen LogP contribution in [0, 0.1) is 12.7 Å². The van der Waals surface area contributed by atoms with Crippen LogP contribution < -0.4 is 0 Å². The molecule has 5 aromatic rings. The lowest BCUT2D eigenvalue weighted by Gasteiger charge is -2.26. The molecule has 0 unspecified atom stereocenters. The molecule has 0 bridgehead atoms. The molecular formula is C32H31FN6. The lowest BCUT2D eigenvalue weighted by molar-refractivity contribution is 0.220. The van der Waals surface area contributed by atoms with Crippen molar-refractivity contribution in [2.75, 3.05) is 13.1 Å². The number of H-pyrrole nitrogens is 2. The van der Waals surface area contributed by atoms with Crippen molar-refractivity contribution in [3.05, 3.63) is 108 Å². The number of piperidine rings is 1. The summed E-state index contributed by atoms with van der Waals surface area (Å²) in [6.45, 7) is 9.05. The molecular weight excluding hydrogens is 487 g/mol. The maximum Gasteiger partial charge on any atom is 0.159 e. The van der Waals surface area contributed by atoms with Crippen molar-refractivity contribution in [3.8, 4) is 22.6 Å². The standard InChI is InChI=1S/C32H31FN6/c1-3-8-27(24-9-7-10-26(33)16-24)30-21(2)35-32(36-30)31-28-17-23(11-12-29(28)37-38-31)25-15-22(18-34-19-25)20-39-13-5-4-6-14-39/h3,7-12,15-19H,1,4-6,13-14,20H2,2H3,(H,35,36)(H,37,38)/b27-8-. The van der Waals surface area contributed by atoms with Crippen molar-refractivity contribution in [2.45, 2.75) is 32.7 Å². The van der Waals surface area contributed by atoms with Gasteiger partial charge in [-0.2, -0.15) is 5.10 Å². The van der Waals surface area contributed by atoms with Gasteiger partial charge in [0.15, 0.2) is 5.82 Å². The zero-order valence-corrected chi connectivity index (χ0v) is 22.0. The van der Waals surface area contributed by atoms with Gasteiger partial charge in [-0.05, 0) is 79.9 Å². The molecule has 0 radical (unpaired) electrons. The highest BCUT2D eigenvalue weighted by Gasteiger charge is 2.18. The summed E-state index contributed by atoms with van der Waals surface area (Å²) in [5.41, 5.74) is 8.17. The molecule has 0 atom stereocenters. The van der Waals surface area contributed by atoms with Crippen molar-refractivity contribution in [3.63, 3.8) is 0 Å². The molecule has 1 fully saturated rings. The highest BCUT2D eigenvalue weighted by molar-refractivity contribution is 5.94. The lowest BCUT2D eigenvalue weighted by atomic mass is 10.0. The lowest BCUT2D eigenvalue weighted by Crippen LogP contribution is -2.29. The third-order valence-electron chi connectivity index (χ3n) is 7.33. The first-order valence-corrected chi connectivity index (χ1v) is 13.4. The van der Waals surface area contributed by atoms with E-state index in [1.54, 1.807) is 12.1 Å².